The van der Waals surface area contributed by atoms with Crippen LogP contribution >= 0.6 is 0 Å². The summed E-state index contributed by atoms with van der Waals surface area (Å²) in [4.78, 5) is 27.1. The zero-order valence-corrected chi connectivity index (χ0v) is 25.6. The second-order valence-electron chi connectivity index (χ2n) is 10.4. The third-order valence-corrected chi connectivity index (χ3v) is 7.13. The van der Waals surface area contributed by atoms with Gasteiger partial charge in [0.25, 0.3) is 0 Å². The van der Waals surface area contributed by atoms with Crippen LogP contribution in [0.5, 0.6) is 11.5 Å². The Morgan fingerprint density at radius 1 is 1.09 bits per heavy atom. The van der Waals surface area contributed by atoms with E-state index in [0.29, 0.717) is 47.9 Å². The molecule has 13 heteroatoms. The number of carbonyl (C=O) groups is 2. The molecule has 246 valence electrons. The van der Waals surface area contributed by atoms with E-state index in [1.165, 1.54) is 12.1 Å². The highest BCUT2D eigenvalue weighted by Crippen LogP contribution is 2.36. The number of hydrogen-bond donors (Lipinski definition) is 3. The third kappa shape index (κ3) is 10.5. The third-order valence-electron chi connectivity index (χ3n) is 7.13. The van der Waals surface area contributed by atoms with Crippen LogP contribution in [0.3, 0.4) is 0 Å². The van der Waals surface area contributed by atoms with E-state index in [-0.39, 0.29) is 29.6 Å². The SMILES string of the molecule is CC.Cc1nc(-c2ccc(OC(F)F)c(OCC3CC3)c2)oc1CN.O=CNC(C(=O)NC1CCCC1)c1ccc(F)cc1F. The lowest BCUT2D eigenvalue weighted by Gasteiger charge is -2.20. The van der Waals surface area contributed by atoms with Crippen LogP contribution in [0.2, 0.25) is 0 Å². The molecule has 3 aromatic rings. The predicted octanol–water partition coefficient (Wildman–Crippen LogP) is 6.34. The Labute approximate surface area is 259 Å². The van der Waals surface area contributed by atoms with Crippen LogP contribution in [0.4, 0.5) is 17.6 Å². The van der Waals surface area contributed by atoms with Crippen molar-refractivity contribution in [3.63, 3.8) is 0 Å². The van der Waals surface area contributed by atoms with E-state index in [2.05, 4.69) is 20.4 Å². The zero-order valence-electron chi connectivity index (χ0n) is 25.6. The summed E-state index contributed by atoms with van der Waals surface area (Å²) in [5.74, 6) is -0.332. The van der Waals surface area contributed by atoms with E-state index in [1.54, 1.807) is 19.1 Å². The monoisotopic (exact) mass is 636 g/mol. The molecule has 5 rings (SSSR count). The fourth-order valence-electron chi connectivity index (χ4n) is 4.65. The summed E-state index contributed by atoms with van der Waals surface area (Å²) in [5, 5.41) is 5.06. The van der Waals surface area contributed by atoms with Crippen molar-refractivity contribution in [1.82, 2.24) is 15.6 Å². The molecular formula is C32H40F4N4O5. The van der Waals surface area contributed by atoms with Gasteiger partial charge in [0.05, 0.1) is 18.8 Å². The summed E-state index contributed by atoms with van der Waals surface area (Å²) in [6.07, 6.45) is 6.38. The number of aromatic nitrogens is 1. The summed E-state index contributed by atoms with van der Waals surface area (Å²) in [6, 6.07) is 6.47. The number of aryl methyl sites for hydroxylation is 1. The maximum atomic E-state index is 13.7. The standard InChI is InChI=1S/C16H18F2N2O3.C14H16F2N2O2.C2H6/c1-9-14(7-19)22-15(20-9)11-4-5-12(23-16(17)18)13(6-11)21-8-10-2-3-10;15-9-5-6-11(12(16)7-9)13(17-8-19)14(20)18-10-3-1-2-4-10;1-2/h4-6,10,16H,2-3,7-8,19H2,1H3;5-8,10,13H,1-4H2,(H,17,19)(H,18,20);1-2H3. The van der Waals surface area contributed by atoms with Gasteiger partial charge in [0, 0.05) is 23.2 Å². The minimum absolute atomic E-state index is 0.00623. The lowest BCUT2D eigenvalue weighted by molar-refractivity contribution is -0.126. The van der Waals surface area contributed by atoms with Crippen molar-refractivity contribution in [3.8, 4) is 23.0 Å². The molecule has 1 atom stereocenters. The molecule has 45 heavy (non-hydrogen) atoms. The fraction of sp³-hybridized carbons (Fsp3) is 0.469. The number of nitrogens with zero attached hydrogens (tertiary/aromatic N) is 1. The lowest BCUT2D eigenvalue weighted by atomic mass is 10.0. The van der Waals surface area contributed by atoms with E-state index in [4.69, 9.17) is 14.9 Å². The number of nitrogens with one attached hydrogen (secondary N) is 2. The number of ether oxygens (including phenoxy) is 2. The van der Waals surface area contributed by atoms with Gasteiger partial charge in [-0.15, -0.1) is 0 Å². The van der Waals surface area contributed by atoms with Crippen LogP contribution in [-0.2, 0) is 16.1 Å². The van der Waals surface area contributed by atoms with Crippen LogP contribution in [0.25, 0.3) is 11.5 Å². The molecule has 1 unspecified atom stereocenters. The number of nitrogens with two attached hydrogens (primary N) is 1. The first kappa shape index (κ1) is 35.4. The second kappa shape index (κ2) is 17.4. The fourth-order valence-corrected chi connectivity index (χ4v) is 4.65. The largest absolute Gasteiger partial charge is 0.489 e. The first-order chi connectivity index (χ1) is 21.7. The lowest BCUT2D eigenvalue weighted by Crippen LogP contribution is -2.41. The van der Waals surface area contributed by atoms with Crippen LogP contribution in [0.1, 0.15) is 75.4 Å². The number of hydrogen-bond acceptors (Lipinski definition) is 7. The Balaban J connectivity index is 0.000000235. The Morgan fingerprint density at radius 2 is 1.80 bits per heavy atom. The van der Waals surface area contributed by atoms with Gasteiger partial charge in [-0.1, -0.05) is 32.8 Å². The molecule has 9 nitrogen and oxygen atoms in total. The first-order valence-corrected chi connectivity index (χ1v) is 15.0. The minimum Gasteiger partial charge on any atom is -0.489 e. The maximum Gasteiger partial charge on any atom is 0.387 e. The number of oxazole rings is 1. The minimum atomic E-state index is -2.91. The summed E-state index contributed by atoms with van der Waals surface area (Å²) in [7, 11) is 0. The van der Waals surface area contributed by atoms with Crippen molar-refractivity contribution in [1.29, 1.82) is 0 Å². The summed E-state index contributed by atoms with van der Waals surface area (Å²) in [6.45, 7) is 3.63. The van der Waals surface area contributed by atoms with E-state index in [0.717, 1.165) is 44.6 Å². The summed E-state index contributed by atoms with van der Waals surface area (Å²) in [5.41, 5.74) is 6.86. The van der Waals surface area contributed by atoms with E-state index in [1.807, 2.05) is 13.8 Å². The van der Waals surface area contributed by atoms with Crippen LogP contribution in [0, 0.1) is 24.5 Å². The van der Waals surface area contributed by atoms with Gasteiger partial charge < -0.3 is 30.3 Å². The van der Waals surface area contributed by atoms with E-state index >= 15 is 0 Å². The number of carbonyl (C=O) groups excluding carboxylic acids is 2. The van der Waals surface area contributed by atoms with Crippen molar-refractivity contribution >= 4 is 12.3 Å². The Morgan fingerprint density at radius 3 is 2.38 bits per heavy atom. The van der Waals surface area contributed by atoms with Crippen molar-refractivity contribution in [2.45, 2.75) is 84.5 Å². The smallest absolute Gasteiger partial charge is 0.387 e. The van der Waals surface area contributed by atoms with Crippen molar-refractivity contribution < 1.29 is 41.0 Å². The van der Waals surface area contributed by atoms with Gasteiger partial charge >= 0.3 is 6.61 Å². The molecular weight excluding hydrogens is 596 g/mol. The number of alkyl halides is 2. The van der Waals surface area contributed by atoms with Gasteiger partial charge in [-0.2, -0.15) is 8.78 Å². The Kier molecular flexibility index (Phi) is 13.7. The predicted molar refractivity (Wildman–Crippen MR) is 159 cm³/mol. The highest BCUT2D eigenvalue weighted by Gasteiger charge is 2.27. The number of benzene rings is 2. The summed E-state index contributed by atoms with van der Waals surface area (Å²) >= 11 is 0. The second-order valence-corrected chi connectivity index (χ2v) is 10.4. The molecule has 2 aromatic carbocycles. The van der Waals surface area contributed by atoms with Gasteiger partial charge in [-0.3, -0.25) is 9.59 Å². The molecule has 2 saturated carbocycles. The molecule has 2 fully saturated rings. The molecule has 0 spiro atoms. The van der Waals surface area contributed by atoms with E-state index in [9.17, 15) is 27.2 Å². The molecule has 0 saturated heterocycles. The molecule has 1 aromatic heterocycles. The maximum absolute atomic E-state index is 13.7. The average molecular weight is 637 g/mol. The number of halogens is 4. The molecule has 2 aliphatic rings. The average Bonchev–Trinajstić information content (AvgIpc) is 3.56. The highest BCUT2D eigenvalue weighted by atomic mass is 19.3. The van der Waals surface area contributed by atoms with Gasteiger partial charge in [-0.25, -0.2) is 13.8 Å². The van der Waals surface area contributed by atoms with Gasteiger partial charge in [0.1, 0.15) is 23.4 Å². The van der Waals surface area contributed by atoms with Crippen molar-refractivity contribution in [2.75, 3.05) is 6.61 Å². The van der Waals surface area contributed by atoms with Gasteiger partial charge in [-0.05, 0) is 62.8 Å². The topological polar surface area (TPSA) is 129 Å². The molecule has 4 N–H and O–H groups in total. The molecule has 1 heterocycles. The summed E-state index contributed by atoms with van der Waals surface area (Å²) < 4.78 is 67.4. The quantitative estimate of drug-likeness (QED) is 0.156. The van der Waals surface area contributed by atoms with E-state index < -0.39 is 30.2 Å². The van der Waals surface area contributed by atoms with Gasteiger partial charge in [0.2, 0.25) is 18.2 Å². The first-order valence-electron chi connectivity index (χ1n) is 15.0. The molecule has 2 aliphatic carbocycles. The molecule has 2 amide bonds. The zero-order chi connectivity index (χ0) is 32.9. The number of amides is 2. The molecule has 0 aliphatic heterocycles. The Bertz CT molecular complexity index is 1390. The normalized spacial score (nSPS) is 14.9. The number of rotatable bonds is 12. The van der Waals surface area contributed by atoms with Crippen molar-refractivity contribution in [2.24, 2.45) is 11.7 Å². The van der Waals surface area contributed by atoms with Crippen molar-refractivity contribution in [3.05, 3.63) is 65.1 Å². The molecule has 0 bridgehead atoms. The van der Waals surface area contributed by atoms with Crippen LogP contribution in [0.15, 0.2) is 40.8 Å². The van der Waals surface area contributed by atoms with Crippen LogP contribution in [-0.4, -0.2) is 36.6 Å². The molecule has 0 radical (unpaired) electrons. The van der Waals surface area contributed by atoms with Crippen LogP contribution < -0.4 is 25.8 Å². The highest BCUT2D eigenvalue weighted by molar-refractivity contribution is 5.85. The Hall–Kier alpha value is -4.13. The van der Waals surface area contributed by atoms with Gasteiger partial charge in [0.15, 0.2) is 11.5 Å².